The summed E-state index contributed by atoms with van der Waals surface area (Å²) < 4.78 is 23.8. The lowest BCUT2D eigenvalue weighted by molar-refractivity contribution is 0.354. The van der Waals surface area contributed by atoms with E-state index < -0.39 is 0 Å². The highest BCUT2D eigenvalue weighted by Gasteiger charge is 2.45. The Morgan fingerprint density at radius 3 is 2.57 bits per heavy atom. The van der Waals surface area contributed by atoms with Crippen molar-refractivity contribution in [3.8, 4) is 11.5 Å². The monoisotopic (exact) mass is 405 g/mol. The molecule has 1 aliphatic carbocycles. The molecule has 1 saturated carbocycles. The van der Waals surface area contributed by atoms with Gasteiger partial charge in [-0.2, -0.15) is 0 Å². The lowest BCUT2D eigenvalue weighted by Crippen LogP contribution is -2.34. The number of benzene rings is 2. The number of nitrogens with two attached hydrogens (primary N) is 1. The first kappa shape index (κ1) is 20.3. The van der Waals surface area contributed by atoms with Gasteiger partial charge < -0.3 is 20.5 Å². The topological polar surface area (TPSA) is 68.9 Å². The Morgan fingerprint density at radius 2 is 1.93 bits per heavy atom. The number of ether oxygens (including phenoxy) is 2. The zero-order valence-electron chi connectivity index (χ0n) is 16.1. The van der Waals surface area contributed by atoms with Crippen LogP contribution in [0, 0.1) is 5.82 Å². The zero-order chi connectivity index (χ0) is 20.1. The molecule has 1 aliphatic rings. The number of aliphatic imine (C=N–C) groups is 1. The maximum atomic E-state index is 13.3. The SMILES string of the molecule is COc1ccc(CCNC(N)=NCC2(c3ccc(F)cc3Cl)CC2)cc1OC. The summed E-state index contributed by atoms with van der Waals surface area (Å²) >= 11 is 6.21. The standard InChI is InChI=1S/C21H25ClFN3O2/c1-27-18-6-3-14(11-19(18)28-2)7-10-25-20(24)26-13-21(8-9-21)16-5-4-15(23)12-17(16)22/h3-6,11-12H,7-10,13H2,1-2H3,(H3,24,25,26). The minimum Gasteiger partial charge on any atom is -0.493 e. The summed E-state index contributed by atoms with van der Waals surface area (Å²) in [5.41, 5.74) is 7.94. The number of halogens is 2. The summed E-state index contributed by atoms with van der Waals surface area (Å²) in [6, 6.07) is 10.4. The quantitative estimate of drug-likeness (QED) is 0.519. The van der Waals surface area contributed by atoms with Gasteiger partial charge in [-0.05, 0) is 54.7 Å². The molecule has 0 saturated heterocycles. The molecule has 3 N–H and O–H groups in total. The van der Waals surface area contributed by atoms with Gasteiger partial charge in [0.1, 0.15) is 5.82 Å². The molecule has 0 heterocycles. The fourth-order valence-corrected chi connectivity index (χ4v) is 3.61. The van der Waals surface area contributed by atoms with Gasteiger partial charge in [0.05, 0.1) is 20.8 Å². The molecule has 0 radical (unpaired) electrons. The second-order valence-electron chi connectivity index (χ2n) is 6.97. The molecule has 0 bridgehead atoms. The zero-order valence-corrected chi connectivity index (χ0v) is 16.9. The van der Waals surface area contributed by atoms with E-state index in [-0.39, 0.29) is 11.2 Å². The Hall–Kier alpha value is -2.47. The van der Waals surface area contributed by atoms with Crippen molar-refractivity contribution in [1.82, 2.24) is 5.32 Å². The van der Waals surface area contributed by atoms with Gasteiger partial charge in [-0.1, -0.05) is 23.7 Å². The van der Waals surface area contributed by atoms with Crippen LogP contribution in [-0.2, 0) is 11.8 Å². The summed E-state index contributed by atoms with van der Waals surface area (Å²) in [6.45, 7) is 1.18. The third-order valence-electron chi connectivity index (χ3n) is 5.08. The van der Waals surface area contributed by atoms with E-state index in [9.17, 15) is 4.39 Å². The lowest BCUT2D eigenvalue weighted by Gasteiger charge is -2.15. The molecule has 1 fully saturated rings. The van der Waals surface area contributed by atoms with Crippen LogP contribution in [0.3, 0.4) is 0 Å². The Kier molecular flexibility index (Phi) is 6.29. The molecule has 0 aromatic heterocycles. The normalized spacial score (nSPS) is 15.2. The summed E-state index contributed by atoms with van der Waals surface area (Å²) in [7, 11) is 3.23. The van der Waals surface area contributed by atoms with Crippen molar-refractivity contribution in [1.29, 1.82) is 0 Å². The van der Waals surface area contributed by atoms with E-state index >= 15 is 0 Å². The Bertz CT molecular complexity index is 869. The molecular formula is C21H25ClFN3O2. The van der Waals surface area contributed by atoms with Crippen LogP contribution in [0.1, 0.15) is 24.0 Å². The highest BCUT2D eigenvalue weighted by Crippen LogP contribution is 2.50. The van der Waals surface area contributed by atoms with Crippen LogP contribution in [0.25, 0.3) is 0 Å². The molecule has 7 heteroatoms. The summed E-state index contributed by atoms with van der Waals surface area (Å²) in [5, 5.41) is 3.59. The van der Waals surface area contributed by atoms with Gasteiger partial charge in [0, 0.05) is 17.0 Å². The van der Waals surface area contributed by atoms with Gasteiger partial charge in [-0.25, -0.2) is 4.39 Å². The minimum atomic E-state index is -0.329. The minimum absolute atomic E-state index is 0.125. The van der Waals surface area contributed by atoms with Crippen molar-refractivity contribution in [2.45, 2.75) is 24.7 Å². The van der Waals surface area contributed by atoms with E-state index in [1.54, 1.807) is 20.3 Å². The van der Waals surface area contributed by atoms with Crippen molar-refractivity contribution >= 4 is 17.6 Å². The largest absolute Gasteiger partial charge is 0.493 e. The summed E-state index contributed by atoms with van der Waals surface area (Å²) in [5.74, 6) is 1.47. The van der Waals surface area contributed by atoms with Crippen LogP contribution in [0.4, 0.5) is 4.39 Å². The first-order valence-corrected chi connectivity index (χ1v) is 9.55. The third kappa shape index (κ3) is 4.68. The van der Waals surface area contributed by atoms with Crippen molar-refractivity contribution < 1.29 is 13.9 Å². The van der Waals surface area contributed by atoms with E-state index in [4.69, 9.17) is 26.8 Å². The number of nitrogens with zero attached hydrogens (tertiary/aromatic N) is 1. The molecule has 0 aliphatic heterocycles. The number of rotatable bonds is 8. The van der Waals surface area contributed by atoms with Crippen LogP contribution < -0.4 is 20.5 Å². The predicted octanol–water partition coefficient (Wildman–Crippen LogP) is 3.67. The van der Waals surface area contributed by atoms with Gasteiger partial charge in [0.15, 0.2) is 17.5 Å². The Labute approximate surface area is 169 Å². The molecule has 0 spiro atoms. The van der Waals surface area contributed by atoms with Crippen molar-refractivity contribution in [2.75, 3.05) is 27.3 Å². The molecule has 2 aromatic rings. The average molecular weight is 406 g/mol. The van der Waals surface area contributed by atoms with E-state index in [1.807, 2.05) is 18.2 Å². The van der Waals surface area contributed by atoms with Gasteiger partial charge in [0.2, 0.25) is 0 Å². The third-order valence-corrected chi connectivity index (χ3v) is 5.39. The number of hydrogen-bond donors (Lipinski definition) is 2. The summed E-state index contributed by atoms with van der Waals surface area (Å²) in [6.07, 6.45) is 2.72. The maximum Gasteiger partial charge on any atom is 0.188 e. The lowest BCUT2D eigenvalue weighted by atomic mass is 9.96. The van der Waals surface area contributed by atoms with Gasteiger partial charge >= 0.3 is 0 Å². The van der Waals surface area contributed by atoms with Crippen LogP contribution in [0.5, 0.6) is 11.5 Å². The van der Waals surface area contributed by atoms with Crippen molar-refractivity contribution in [3.05, 3.63) is 58.4 Å². The van der Waals surface area contributed by atoms with Gasteiger partial charge in [-0.15, -0.1) is 0 Å². The number of methoxy groups -OCH3 is 2. The van der Waals surface area contributed by atoms with E-state index in [2.05, 4.69) is 10.3 Å². The first-order valence-electron chi connectivity index (χ1n) is 9.18. The van der Waals surface area contributed by atoms with E-state index in [0.29, 0.717) is 35.6 Å². The molecule has 28 heavy (non-hydrogen) atoms. The van der Waals surface area contributed by atoms with Crippen LogP contribution in [0.15, 0.2) is 41.4 Å². The van der Waals surface area contributed by atoms with Gasteiger partial charge in [0.25, 0.3) is 0 Å². The molecule has 3 rings (SSSR count). The number of hydrogen-bond acceptors (Lipinski definition) is 3. The highest BCUT2D eigenvalue weighted by atomic mass is 35.5. The van der Waals surface area contributed by atoms with E-state index in [0.717, 1.165) is 30.4 Å². The predicted molar refractivity (Wildman–Crippen MR) is 110 cm³/mol. The van der Waals surface area contributed by atoms with Crippen molar-refractivity contribution in [3.63, 3.8) is 0 Å². The molecule has 150 valence electrons. The Balaban J connectivity index is 1.54. The molecule has 5 nitrogen and oxygen atoms in total. The second kappa shape index (κ2) is 8.69. The number of guanidine groups is 1. The maximum absolute atomic E-state index is 13.3. The van der Waals surface area contributed by atoms with Crippen LogP contribution >= 0.6 is 11.6 Å². The molecule has 0 unspecified atom stereocenters. The smallest absolute Gasteiger partial charge is 0.188 e. The molecule has 0 amide bonds. The molecule has 2 aromatic carbocycles. The summed E-state index contributed by atoms with van der Waals surface area (Å²) in [4.78, 5) is 4.48. The van der Waals surface area contributed by atoms with Gasteiger partial charge in [-0.3, -0.25) is 4.99 Å². The second-order valence-corrected chi connectivity index (χ2v) is 7.38. The number of nitrogens with one attached hydrogen (secondary N) is 1. The highest BCUT2D eigenvalue weighted by molar-refractivity contribution is 6.31. The van der Waals surface area contributed by atoms with Crippen molar-refractivity contribution in [2.24, 2.45) is 10.7 Å². The molecular weight excluding hydrogens is 381 g/mol. The van der Waals surface area contributed by atoms with Crippen LogP contribution in [0.2, 0.25) is 5.02 Å². The Morgan fingerprint density at radius 1 is 1.18 bits per heavy atom. The van der Waals surface area contributed by atoms with E-state index in [1.165, 1.54) is 12.1 Å². The average Bonchev–Trinajstić information content (AvgIpc) is 3.47. The fourth-order valence-electron chi connectivity index (χ4n) is 3.25. The fraction of sp³-hybridized carbons (Fsp3) is 0.381. The van der Waals surface area contributed by atoms with Crippen LogP contribution in [-0.4, -0.2) is 33.3 Å². The first-order chi connectivity index (χ1) is 13.5. The molecule has 0 atom stereocenters.